The summed E-state index contributed by atoms with van der Waals surface area (Å²) < 4.78 is 0. The molecule has 1 rings (SSSR count). The van der Waals surface area contributed by atoms with Crippen molar-refractivity contribution >= 4 is 11.6 Å². The Labute approximate surface area is 108 Å². The number of nitrogens with one attached hydrogen (secondary N) is 1. The number of benzene rings is 1. The molecule has 1 aromatic carbocycles. The Bertz CT molecular complexity index is 393. The van der Waals surface area contributed by atoms with Crippen LogP contribution in [0.25, 0.3) is 0 Å². The summed E-state index contributed by atoms with van der Waals surface area (Å²) >= 11 is 0. The smallest absolute Gasteiger partial charge is 0.220 e. The molecule has 0 fully saturated rings. The lowest BCUT2D eigenvalue weighted by Gasteiger charge is -2.19. The first-order valence-electron chi connectivity index (χ1n) is 6.28. The van der Waals surface area contributed by atoms with Crippen LogP contribution in [0.5, 0.6) is 0 Å². The van der Waals surface area contributed by atoms with Gasteiger partial charge in [-0.15, -0.1) is 0 Å². The largest absolute Gasteiger partial charge is 0.399 e. The Balaban J connectivity index is 2.40. The molecule has 1 amide bonds. The van der Waals surface area contributed by atoms with Crippen molar-refractivity contribution in [3.8, 4) is 0 Å². The van der Waals surface area contributed by atoms with Crippen LogP contribution in [-0.2, 0) is 11.2 Å². The van der Waals surface area contributed by atoms with Crippen LogP contribution in [-0.4, -0.2) is 23.7 Å². The minimum absolute atomic E-state index is 0.00828. The molecule has 2 atom stereocenters. The standard InChI is InChI=1S/C14H22N2O2/c1-10(9-17)11(2)16-14(18)8-7-12-5-3-4-6-13(12)15/h3-6,10-11,17H,7-9,15H2,1-2H3,(H,16,18). The minimum Gasteiger partial charge on any atom is -0.399 e. The van der Waals surface area contributed by atoms with Gasteiger partial charge in [0.25, 0.3) is 0 Å². The van der Waals surface area contributed by atoms with E-state index < -0.39 is 0 Å². The first kappa shape index (κ1) is 14.5. The van der Waals surface area contributed by atoms with Crippen molar-refractivity contribution in [3.63, 3.8) is 0 Å². The summed E-state index contributed by atoms with van der Waals surface area (Å²) in [5.41, 5.74) is 7.53. The van der Waals surface area contributed by atoms with Crippen LogP contribution in [0.4, 0.5) is 5.69 Å². The van der Waals surface area contributed by atoms with Crippen LogP contribution in [0.1, 0.15) is 25.8 Å². The highest BCUT2D eigenvalue weighted by Gasteiger charge is 2.13. The number of aryl methyl sites for hydroxylation is 1. The van der Waals surface area contributed by atoms with Gasteiger partial charge in [-0.2, -0.15) is 0 Å². The second kappa shape index (κ2) is 7.01. The van der Waals surface area contributed by atoms with Gasteiger partial charge in [0.05, 0.1) is 0 Å². The molecule has 0 aliphatic carbocycles. The lowest BCUT2D eigenvalue weighted by Crippen LogP contribution is -2.38. The van der Waals surface area contributed by atoms with E-state index in [9.17, 15) is 4.79 Å². The lowest BCUT2D eigenvalue weighted by molar-refractivity contribution is -0.122. The van der Waals surface area contributed by atoms with Crippen molar-refractivity contribution in [1.29, 1.82) is 0 Å². The summed E-state index contributed by atoms with van der Waals surface area (Å²) in [5.74, 6) is 0.0572. The van der Waals surface area contributed by atoms with E-state index in [-0.39, 0.29) is 24.5 Å². The zero-order valence-corrected chi connectivity index (χ0v) is 11.0. The molecule has 0 radical (unpaired) electrons. The number of hydrogen-bond donors (Lipinski definition) is 3. The van der Waals surface area contributed by atoms with Crippen LogP contribution in [0.15, 0.2) is 24.3 Å². The minimum atomic E-state index is -0.0179. The van der Waals surface area contributed by atoms with Crippen molar-refractivity contribution in [2.75, 3.05) is 12.3 Å². The third-order valence-electron chi connectivity index (χ3n) is 3.21. The summed E-state index contributed by atoms with van der Waals surface area (Å²) in [7, 11) is 0. The molecule has 0 aliphatic heterocycles. The maximum absolute atomic E-state index is 11.7. The molecule has 0 bridgehead atoms. The fourth-order valence-electron chi connectivity index (χ4n) is 1.64. The molecular formula is C14H22N2O2. The van der Waals surface area contributed by atoms with Gasteiger partial charge in [-0.25, -0.2) is 0 Å². The third-order valence-corrected chi connectivity index (χ3v) is 3.21. The number of amides is 1. The number of nitrogens with two attached hydrogens (primary N) is 1. The zero-order chi connectivity index (χ0) is 13.5. The molecule has 0 aliphatic rings. The van der Waals surface area contributed by atoms with E-state index >= 15 is 0 Å². The van der Waals surface area contributed by atoms with Gasteiger partial charge in [-0.05, 0) is 30.9 Å². The number of anilines is 1. The Morgan fingerprint density at radius 2 is 2.06 bits per heavy atom. The molecular weight excluding hydrogens is 228 g/mol. The third kappa shape index (κ3) is 4.37. The number of hydrogen-bond acceptors (Lipinski definition) is 3. The Morgan fingerprint density at radius 3 is 2.67 bits per heavy atom. The molecule has 0 aromatic heterocycles. The van der Waals surface area contributed by atoms with Gasteiger partial charge in [-0.3, -0.25) is 4.79 Å². The fraction of sp³-hybridized carbons (Fsp3) is 0.500. The molecule has 0 saturated heterocycles. The number of rotatable bonds is 6. The van der Waals surface area contributed by atoms with Gasteiger partial charge in [-0.1, -0.05) is 25.1 Å². The van der Waals surface area contributed by atoms with E-state index in [4.69, 9.17) is 10.8 Å². The van der Waals surface area contributed by atoms with Crippen LogP contribution < -0.4 is 11.1 Å². The van der Waals surface area contributed by atoms with Crippen LogP contribution in [0.2, 0.25) is 0 Å². The van der Waals surface area contributed by atoms with E-state index in [0.717, 1.165) is 11.3 Å². The average Bonchev–Trinajstić information content (AvgIpc) is 2.36. The van der Waals surface area contributed by atoms with Gasteiger partial charge in [0.2, 0.25) is 5.91 Å². The topological polar surface area (TPSA) is 75.3 Å². The van der Waals surface area contributed by atoms with E-state index in [1.807, 2.05) is 38.1 Å². The molecule has 4 nitrogen and oxygen atoms in total. The zero-order valence-electron chi connectivity index (χ0n) is 11.0. The van der Waals surface area contributed by atoms with Crippen molar-refractivity contribution in [2.24, 2.45) is 5.92 Å². The Hall–Kier alpha value is -1.55. The number of para-hydroxylation sites is 1. The van der Waals surface area contributed by atoms with Crippen molar-refractivity contribution in [1.82, 2.24) is 5.32 Å². The highest BCUT2D eigenvalue weighted by atomic mass is 16.3. The number of carbonyl (C=O) groups is 1. The van der Waals surface area contributed by atoms with E-state index in [1.54, 1.807) is 0 Å². The highest BCUT2D eigenvalue weighted by molar-refractivity contribution is 5.76. The molecule has 100 valence electrons. The number of nitrogen functional groups attached to an aromatic ring is 1. The van der Waals surface area contributed by atoms with Gasteiger partial charge >= 0.3 is 0 Å². The number of carbonyl (C=O) groups excluding carboxylic acids is 1. The van der Waals surface area contributed by atoms with Crippen LogP contribution in [0, 0.1) is 5.92 Å². The van der Waals surface area contributed by atoms with Gasteiger partial charge in [0, 0.05) is 24.8 Å². The summed E-state index contributed by atoms with van der Waals surface area (Å²) in [4.78, 5) is 11.7. The van der Waals surface area contributed by atoms with Gasteiger partial charge in [0.1, 0.15) is 0 Å². The highest BCUT2D eigenvalue weighted by Crippen LogP contribution is 2.12. The summed E-state index contributed by atoms with van der Waals surface area (Å²) in [5, 5.41) is 11.9. The quantitative estimate of drug-likeness (QED) is 0.667. The summed E-state index contributed by atoms with van der Waals surface area (Å²) in [6.45, 7) is 3.88. The van der Waals surface area contributed by atoms with Gasteiger partial charge in [0.15, 0.2) is 0 Å². The fourth-order valence-corrected chi connectivity index (χ4v) is 1.64. The molecule has 18 heavy (non-hydrogen) atoms. The van der Waals surface area contributed by atoms with E-state index in [0.29, 0.717) is 12.8 Å². The SMILES string of the molecule is CC(CO)C(C)NC(=O)CCc1ccccc1N. The Morgan fingerprint density at radius 1 is 1.39 bits per heavy atom. The first-order valence-corrected chi connectivity index (χ1v) is 6.28. The molecule has 0 heterocycles. The van der Waals surface area contributed by atoms with E-state index in [1.165, 1.54) is 0 Å². The predicted molar refractivity (Wildman–Crippen MR) is 73.0 cm³/mol. The Kier molecular flexibility index (Phi) is 5.65. The molecule has 0 spiro atoms. The molecule has 1 aromatic rings. The molecule has 4 N–H and O–H groups in total. The first-order chi connectivity index (χ1) is 8.54. The van der Waals surface area contributed by atoms with Crippen molar-refractivity contribution < 1.29 is 9.90 Å². The molecule has 4 heteroatoms. The summed E-state index contributed by atoms with van der Waals surface area (Å²) in [6.07, 6.45) is 1.05. The number of aliphatic hydroxyl groups is 1. The van der Waals surface area contributed by atoms with E-state index in [2.05, 4.69) is 5.32 Å². The molecule has 0 saturated carbocycles. The predicted octanol–water partition coefficient (Wildman–Crippen LogP) is 1.33. The normalized spacial score (nSPS) is 13.9. The average molecular weight is 250 g/mol. The van der Waals surface area contributed by atoms with Crippen molar-refractivity contribution in [2.45, 2.75) is 32.7 Å². The maximum atomic E-state index is 11.7. The second-order valence-corrected chi connectivity index (χ2v) is 4.71. The lowest BCUT2D eigenvalue weighted by atomic mass is 10.0. The van der Waals surface area contributed by atoms with Crippen LogP contribution in [0.3, 0.4) is 0 Å². The number of aliphatic hydroxyl groups excluding tert-OH is 1. The maximum Gasteiger partial charge on any atom is 0.220 e. The summed E-state index contributed by atoms with van der Waals surface area (Å²) in [6, 6.07) is 7.55. The van der Waals surface area contributed by atoms with Gasteiger partial charge < -0.3 is 16.2 Å². The second-order valence-electron chi connectivity index (χ2n) is 4.71. The monoisotopic (exact) mass is 250 g/mol. The molecule has 2 unspecified atom stereocenters. The van der Waals surface area contributed by atoms with Crippen molar-refractivity contribution in [3.05, 3.63) is 29.8 Å². The van der Waals surface area contributed by atoms with Crippen LogP contribution >= 0.6 is 0 Å².